The number of hydrogen-bond acceptors (Lipinski definition) is 5. The molecule has 0 aliphatic carbocycles. The van der Waals surface area contributed by atoms with E-state index >= 15 is 0 Å². The number of ketones is 1. The Kier molecular flexibility index (Phi) is 4.55. The van der Waals surface area contributed by atoms with Gasteiger partial charge in [-0.1, -0.05) is 29.2 Å². The van der Waals surface area contributed by atoms with Gasteiger partial charge < -0.3 is 4.57 Å². The van der Waals surface area contributed by atoms with Crippen LogP contribution in [0.3, 0.4) is 0 Å². The van der Waals surface area contributed by atoms with Crippen molar-refractivity contribution in [1.29, 1.82) is 0 Å². The molecule has 0 saturated carbocycles. The minimum Gasteiger partial charge on any atom is -0.345 e. The number of nitrogens with zero attached hydrogens (tertiary/aromatic N) is 3. The zero-order valence-corrected chi connectivity index (χ0v) is 12.6. The molecule has 2 rings (SSSR count). The van der Waals surface area contributed by atoms with E-state index in [1.807, 2.05) is 26.0 Å². The zero-order valence-electron chi connectivity index (χ0n) is 10.9. The largest absolute Gasteiger partial charge is 0.345 e. The van der Waals surface area contributed by atoms with Crippen LogP contribution < -0.4 is 0 Å². The minimum absolute atomic E-state index is 0.128. The van der Waals surface area contributed by atoms with Gasteiger partial charge in [0.15, 0.2) is 10.1 Å². The second-order valence-electron chi connectivity index (χ2n) is 4.10. The Morgan fingerprint density at radius 3 is 3.00 bits per heavy atom. The summed E-state index contributed by atoms with van der Waals surface area (Å²) in [7, 11) is 0. The zero-order chi connectivity index (χ0) is 13.8. The Hall–Kier alpha value is -1.40. The van der Waals surface area contributed by atoms with Crippen LogP contribution in [0.15, 0.2) is 28.6 Å². The Balaban J connectivity index is 2.11. The summed E-state index contributed by atoms with van der Waals surface area (Å²) in [5.74, 6) is 0.525. The van der Waals surface area contributed by atoms with Crippen LogP contribution in [0.1, 0.15) is 21.7 Å². The Bertz CT molecular complexity index is 587. The highest BCUT2D eigenvalue weighted by Crippen LogP contribution is 2.22. The molecule has 0 radical (unpaired) electrons. The molecule has 2 aromatic rings. The van der Waals surface area contributed by atoms with Crippen molar-refractivity contribution < 1.29 is 4.79 Å². The molecule has 0 N–H and O–H groups in total. The van der Waals surface area contributed by atoms with E-state index in [9.17, 15) is 4.79 Å². The molecule has 6 heteroatoms. The maximum atomic E-state index is 12.2. The first-order chi connectivity index (χ1) is 9.13. The molecule has 0 fully saturated rings. The van der Waals surface area contributed by atoms with E-state index in [4.69, 9.17) is 0 Å². The first-order valence-electron chi connectivity index (χ1n) is 5.83. The first-order valence-corrected chi connectivity index (χ1v) is 7.69. The lowest BCUT2D eigenvalue weighted by atomic mass is 10.2. The number of thioether (sulfide) groups is 1. The monoisotopic (exact) mass is 293 g/mol. The van der Waals surface area contributed by atoms with Crippen molar-refractivity contribution in [2.24, 2.45) is 0 Å². The predicted molar refractivity (Wildman–Crippen MR) is 79.1 cm³/mol. The third-order valence-corrected chi connectivity index (χ3v) is 4.71. The second-order valence-corrected chi connectivity index (χ2v) is 6.16. The average molecular weight is 293 g/mol. The van der Waals surface area contributed by atoms with Gasteiger partial charge in [0.05, 0.1) is 5.75 Å². The maximum Gasteiger partial charge on any atom is 0.174 e. The van der Waals surface area contributed by atoms with E-state index in [0.29, 0.717) is 5.75 Å². The number of aromatic nitrogens is 3. The summed E-state index contributed by atoms with van der Waals surface area (Å²) in [5.41, 5.74) is 4.54. The van der Waals surface area contributed by atoms with Gasteiger partial charge >= 0.3 is 0 Å². The average Bonchev–Trinajstić information content (AvgIpc) is 2.99. The van der Waals surface area contributed by atoms with E-state index in [1.165, 1.54) is 23.1 Å². The quantitative estimate of drug-likeness (QED) is 0.466. The summed E-state index contributed by atoms with van der Waals surface area (Å²) in [6.07, 6.45) is 1.84. The Morgan fingerprint density at radius 2 is 2.37 bits per heavy atom. The van der Waals surface area contributed by atoms with Crippen molar-refractivity contribution in [3.8, 4) is 0 Å². The number of rotatable bonds is 6. The van der Waals surface area contributed by atoms with Crippen molar-refractivity contribution >= 4 is 28.9 Å². The highest BCUT2D eigenvalue weighted by atomic mass is 32.2. The molecule has 4 nitrogen and oxygen atoms in total. The van der Waals surface area contributed by atoms with Gasteiger partial charge in [0.25, 0.3) is 0 Å². The number of carbonyl (C=O) groups is 1. The van der Waals surface area contributed by atoms with Gasteiger partial charge in [-0.05, 0) is 19.9 Å². The molecule has 0 saturated heterocycles. The van der Waals surface area contributed by atoms with E-state index in [-0.39, 0.29) is 5.78 Å². The van der Waals surface area contributed by atoms with Gasteiger partial charge in [0.2, 0.25) is 0 Å². The highest BCUT2D eigenvalue weighted by Gasteiger charge is 2.15. The minimum atomic E-state index is 0.128. The van der Waals surface area contributed by atoms with Crippen LogP contribution in [0.4, 0.5) is 0 Å². The molecular formula is C13H15N3OS2. The van der Waals surface area contributed by atoms with Crippen molar-refractivity contribution in [2.45, 2.75) is 24.7 Å². The summed E-state index contributed by atoms with van der Waals surface area (Å²) in [6.45, 7) is 8.45. The summed E-state index contributed by atoms with van der Waals surface area (Å²) in [4.78, 5) is 12.2. The molecule has 0 unspecified atom stereocenters. The van der Waals surface area contributed by atoms with E-state index in [2.05, 4.69) is 21.3 Å². The van der Waals surface area contributed by atoms with Crippen molar-refractivity contribution in [1.82, 2.24) is 14.8 Å². The molecular weight excluding hydrogens is 278 g/mol. The van der Waals surface area contributed by atoms with Crippen molar-refractivity contribution in [3.63, 3.8) is 0 Å². The lowest BCUT2D eigenvalue weighted by Gasteiger charge is -2.05. The van der Waals surface area contributed by atoms with Gasteiger partial charge in [-0.3, -0.25) is 4.79 Å². The summed E-state index contributed by atoms with van der Waals surface area (Å²) in [5, 5.41) is 7.67. The Morgan fingerprint density at radius 1 is 1.58 bits per heavy atom. The van der Waals surface area contributed by atoms with Crippen molar-refractivity contribution in [2.75, 3.05) is 5.75 Å². The third kappa shape index (κ3) is 3.13. The topological polar surface area (TPSA) is 47.8 Å². The first kappa shape index (κ1) is 14.0. The van der Waals surface area contributed by atoms with E-state index in [1.54, 1.807) is 5.51 Å². The van der Waals surface area contributed by atoms with E-state index < -0.39 is 0 Å². The van der Waals surface area contributed by atoms with Crippen LogP contribution in [0, 0.1) is 13.8 Å². The molecule has 0 atom stereocenters. The Labute approximate surface area is 120 Å². The number of aryl methyl sites for hydroxylation is 1. The van der Waals surface area contributed by atoms with Crippen LogP contribution in [0.2, 0.25) is 0 Å². The number of hydrogen-bond donors (Lipinski definition) is 0. The SMILES string of the molecule is C=CCn1c(C)cc(C(=O)CSc2nncs2)c1C. The van der Waals surface area contributed by atoms with Gasteiger partial charge in [0.1, 0.15) is 5.51 Å². The molecule has 2 aromatic heterocycles. The fourth-order valence-electron chi connectivity index (χ4n) is 1.92. The predicted octanol–water partition coefficient (Wildman–Crippen LogP) is 3.12. The summed E-state index contributed by atoms with van der Waals surface area (Å²) >= 11 is 2.88. The molecule has 2 heterocycles. The molecule has 0 bridgehead atoms. The number of allylic oxidation sites excluding steroid dienone is 1. The number of carbonyl (C=O) groups excluding carboxylic acids is 1. The second kappa shape index (κ2) is 6.16. The van der Waals surface area contributed by atoms with Crippen LogP contribution in [0.25, 0.3) is 0 Å². The van der Waals surface area contributed by atoms with Crippen LogP contribution in [0.5, 0.6) is 0 Å². The van der Waals surface area contributed by atoms with Gasteiger partial charge in [0, 0.05) is 23.5 Å². The van der Waals surface area contributed by atoms with Crippen LogP contribution in [-0.2, 0) is 6.54 Å². The van der Waals surface area contributed by atoms with Gasteiger partial charge in [-0.25, -0.2) is 0 Å². The third-order valence-electron chi connectivity index (χ3n) is 2.85. The standard InChI is InChI=1S/C13H15N3OS2/c1-4-5-16-9(2)6-11(10(16)3)12(17)7-18-13-15-14-8-19-13/h4,6,8H,1,5,7H2,2-3H3. The molecule has 0 spiro atoms. The summed E-state index contributed by atoms with van der Waals surface area (Å²) in [6, 6.07) is 1.95. The molecule has 0 aliphatic rings. The fraction of sp³-hybridized carbons (Fsp3) is 0.308. The molecule has 19 heavy (non-hydrogen) atoms. The van der Waals surface area contributed by atoms with Crippen LogP contribution >= 0.6 is 23.1 Å². The number of Topliss-reactive ketones (excluding diaryl/α,β-unsaturated/α-hetero) is 1. The highest BCUT2D eigenvalue weighted by molar-refractivity contribution is 8.01. The normalized spacial score (nSPS) is 10.6. The molecule has 0 aromatic carbocycles. The van der Waals surface area contributed by atoms with Gasteiger partial charge in [-0.15, -0.1) is 16.8 Å². The molecule has 0 amide bonds. The van der Waals surface area contributed by atoms with E-state index in [0.717, 1.165) is 27.8 Å². The van der Waals surface area contributed by atoms with Crippen LogP contribution in [-0.4, -0.2) is 26.3 Å². The summed E-state index contributed by atoms with van der Waals surface area (Å²) < 4.78 is 2.92. The molecule has 0 aliphatic heterocycles. The smallest absolute Gasteiger partial charge is 0.174 e. The lowest BCUT2D eigenvalue weighted by molar-refractivity contribution is 0.102. The maximum absolute atomic E-state index is 12.2. The fourth-order valence-corrected chi connectivity index (χ4v) is 3.30. The lowest BCUT2D eigenvalue weighted by Crippen LogP contribution is -2.06. The van der Waals surface area contributed by atoms with Gasteiger partial charge in [-0.2, -0.15) is 0 Å². The van der Waals surface area contributed by atoms with Crippen molar-refractivity contribution in [3.05, 3.63) is 41.2 Å². The molecule has 100 valence electrons.